The van der Waals surface area contributed by atoms with Crippen LogP contribution in [0.1, 0.15) is 27.7 Å². The van der Waals surface area contributed by atoms with Crippen LogP contribution in [0.4, 0.5) is 4.79 Å². The number of aliphatic hydroxyl groups is 1. The first-order valence-corrected chi connectivity index (χ1v) is 5.33. The van der Waals surface area contributed by atoms with E-state index in [2.05, 4.69) is 0 Å². The number of carbonyl (C=O) groups is 1. The number of β-amino-alcohol motifs (C(OH)–C–C–N with tert-alkyl or cyclic N) is 1. The van der Waals surface area contributed by atoms with E-state index in [0.29, 0.717) is 0 Å². The van der Waals surface area contributed by atoms with Crippen molar-refractivity contribution in [1.29, 1.82) is 5.26 Å². The van der Waals surface area contributed by atoms with Gasteiger partial charge in [-0.3, -0.25) is 0 Å². The third-order valence-corrected chi connectivity index (χ3v) is 2.59. The van der Waals surface area contributed by atoms with Gasteiger partial charge in [0.15, 0.2) is 0 Å². The van der Waals surface area contributed by atoms with E-state index in [1.165, 1.54) is 4.90 Å². The molecule has 0 radical (unpaired) electrons. The van der Waals surface area contributed by atoms with Crippen molar-refractivity contribution in [3.05, 3.63) is 0 Å². The molecule has 1 heterocycles. The molecule has 0 saturated carbocycles. The summed E-state index contributed by atoms with van der Waals surface area (Å²) < 4.78 is 5.20. The Balaban J connectivity index is 2.70. The van der Waals surface area contributed by atoms with Crippen molar-refractivity contribution < 1.29 is 14.6 Å². The molecule has 1 N–H and O–H groups in total. The largest absolute Gasteiger partial charge is 0.444 e. The van der Waals surface area contributed by atoms with Crippen LogP contribution < -0.4 is 0 Å². The van der Waals surface area contributed by atoms with E-state index < -0.39 is 23.7 Å². The first-order chi connectivity index (χ1) is 7.26. The molecule has 1 aliphatic rings. The number of rotatable bonds is 0. The Bertz CT molecular complexity index is 316. The van der Waals surface area contributed by atoms with Crippen molar-refractivity contribution in [2.75, 3.05) is 6.54 Å². The third-order valence-electron chi connectivity index (χ3n) is 2.59. The Morgan fingerprint density at radius 1 is 1.56 bits per heavy atom. The van der Waals surface area contributed by atoms with Crippen molar-refractivity contribution in [2.24, 2.45) is 5.92 Å². The molecule has 0 spiro atoms. The predicted octanol–water partition coefficient (Wildman–Crippen LogP) is 1.13. The zero-order chi connectivity index (χ0) is 12.5. The van der Waals surface area contributed by atoms with Gasteiger partial charge < -0.3 is 14.7 Å². The molecule has 16 heavy (non-hydrogen) atoms. The lowest BCUT2D eigenvalue weighted by molar-refractivity contribution is 0.0217. The van der Waals surface area contributed by atoms with Gasteiger partial charge in [0.05, 0.1) is 30.7 Å². The minimum Gasteiger partial charge on any atom is -0.444 e. The Morgan fingerprint density at radius 3 is 2.50 bits per heavy atom. The first-order valence-electron chi connectivity index (χ1n) is 5.33. The highest BCUT2D eigenvalue weighted by Crippen LogP contribution is 2.25. The van der Waals surface area contributed by atoms with Gasteiger partial charge in [0.2, 0.25) is 0 Å². The van der Waals surface area contributed by atoms with E-state index in [4.69, 9.17) is 10.00 Å². The van der Waals surface area contributed by atoms with Crippen LogP contribution in [0.2, 0.25) is 0 Å². The fourth-order valence-corrected chi connectivity index (χ4v) is 1.75. The van der Waals surface area contributed by atoms with Crippen LogP contribution in [0.15, 0.2) is 0 Å². The van der Waals surface area contributed by atoms with E-state index in [-0.39, 0.29) is 12.6 Å². The summed E-state index contributed by atoms with van der Waals surface area (Å²) in [4.78, 5) is 13.2. The predicted molar refractivity (Wildman–Crippen MR) is 57.5 cm³/mol. The maximum atomic E-state index is 11.8. The van der Waals surface area contributed by atoms with Crippen molar-refractivity contribution >= 4 is 6.09 Å². The average Bonchev–Trinajstić information content (AvgIpc) is 2.38. The van der Waals surface area contributed by atoms with Gasteiger partial charge >= 0.3 is 6.09 Å². The molecule has 0 bridgehead atoms. The smallest absolute Gasteiger partial charge is 0.410 e. The summed E-state index contributed by atoms with van der Waals surface area (Å²) in [6.07, 6.45) is -1.26. The lowest BCUT2D eigenvalue weighted by Crippen LogP contribution is -2.39. The highest BCUT2D eigenvalue weighted by atomic mass is 16.6. The SMILES string of the molecule is CC1C(C#N)C(O)CN1C(=O)OC(C)(C)C. The second-order valence-electron chi connectivity index (χ2n) is 5.10. The molecule has 1 amide bonds. The van der Waals surface area contributed by atoms with Crippen LogP contribution in [-0.2, 0) is 4.74 Å². The van der Waals surface area contributed by atoms with Gasteiger partial charge in [-0.1, -0.05) is 0 Å². The van der Waals surface area contributed by atoms with Gasteiger partial charge in [0, 0.05) is 0 Å². The topological polar surface area (TPSA) is 73.6 Å². The highest BCUT2D eigenvalue weighted by molar-refractivity contribution is 5.69. The molecule has 0 aromatic heterocycles. The molecule has 0 aliphatic carbocycles. The molecule has 1 fully saturated rings. The number of ether oxygens (including phenoxy) is 1. The van der Waals surface area contributed by atoms with E-state index in [0.717, 1.165) is 0 Å². The molecule has 1 rings (SSSR count). The summed E-state index contributed by atoms with van der Waals surface area (Å²) in [5, 5.41) is 18.5. The number of amides is 1. The fraction of sp³-hybridized carbons (Fsp3) is 0.818. The maximum absolute atomic E-state index is 11.8. The van der Waals surface area contributed by atoms with Crippen LogP contribution in [0, 0.1) is 17.2 Å². The van der Waals surface area contributed by atoms with Gasteiger partial charge in [-0.25, -0.2) is 4.79 Å². The molecule has 90 valence electrons. The molecule has 3 unspecified atom stereocenters. The molecule has 5 nitrogen and oxygen atoms in total. The van der Waals surface area contributed by atoms with Crippen molar-refractivity contribution in [3.63, 3.8) is 0 Å². The molecule has 1 saturated heterocycles. The second-order valence-corrected chi connectivity index (χ2v) is 5.10. The Kier molecular flexibility index (Phi) is 3.44. The second kappa shape index (κ2) is 4.30. The number of aliphatic hydroxyl groups excluding tert-OH is 1. The molecule has 0 aromatic carbocycles. The normalized spacial score (nSPS) is 30.0. The van der Waals surface area contributed by atoms with E-state index >= 15 is 0 Å². The fourth-order valence-electron chi connectivity index (χ4n) is 1.75. The standard InChI is InChI=1S/C11H18N2O3/c1-7-8(5-12)9(14)6-13(7)10(15)16-11(2,3)4/h7-9,14H,6H2,1-4H3. The van der Waals surface area contributed by atoms with Gasteiger partial charge in [-0.2, -0.15) is 5.26 Å². The van der Waals surface area contributed by atoms with Crippen LogP contribution in [-0.4, -0.2) is 40.4 Å². The van der Waals surface area contributed by atoms with Gasteiger partial charge in [0.1, 0.15) is 5.60 Å². The number of nitrogens with zero attached hydrogens (tertiary/aromatic N) is 2. The monoisotopic (exact) mass is 226 g/mol. The number of carbonyl (C=O) groups excluding carboxylic acids is 1. The zero-order valence-corrected chi connectivity index (χ0v) is 10.1. The number of nitriles is 1. The number of likely N-dealkylation sites (tertiary alicyclic amines) is 1. The minimum absolute atomic E-state index is 0.161. The first kappa shape index (κ1) is 12.8. The summed E-state index contributed by atoms with van der Waals surface area (Å²) >= 11 is 0. The van der Waals surface area contributed by atoms with Gasteiger partial charge in [-0.15, -0.1) is 0 Å². The summed E-state index contributed by atoms with van der Waals surface area (Å²) in [5.41, 5.74) is -0.563. The Labute approximate surface area is 95.6 Å². The quantitative estimate of drug-likeness (QED) is 0.672. The minimum atomic E-state index is -0.785. The molecule has 3 atom stereocenters. The molecular formula is C11H18N2O3. The van der Waals surface area contributed by atoms with E-state index in [9.17, 15) is 9.90 Å². The summed E-state index contributed by atoms with van der Waals surface area (Å²) in [7, 11) is 0. The van der Waals surface area contributed by atoms with Gasteiger partial charge in [-0.05, 0) is 27.7 Å². The van der Waals surface area contributed by atoms with E-state index in [1.54, 1.807) is 27.7 Å². The molecule has 5 heteroatoms. The summed E-state index contributed by atoms with van der Waals surface area (Å²) in [6, 6.07) is 1.70. The number of hydrogen-bond acceptors (Lipinski definition) is 4. The summed E-state index contributed by atoms with van der Waals surface area (Å²) in [6.45, 7) is 7.25. The van der Waals surface area contributed by atoms with Crippen LogP contribution in [0.25, 0.3) is 0 Å². The van der Waals surface area contributed by atoms with E-state index in [1.807, 2.05) is 6.07 Å². The Morgan fingerprint density at radius 2 is 2.12 bits per heavy atom. The lowest BCUT2D eigenvalue weighted by Gasteiger charge is -2.27. The zero-order valence-electron chi connectivity index (χ0n) is 10.1. The average molecular weight is 226 g/mol. The van der Waals surface area contributed by atoms with Gasteiger partial charge in [0.25, 0.3) is 0 Å². The summed E-state index contributed by atoms with van der Waals surface area (Å²) in [5.74, 6) is -0.535. The third kappa shape index (κ3) is 2.64. The van der Waals surface area contributed by atoms with Crippen LogP contribution in [0.3, 0.4) is 0 Å². The lowest BCUT2D eigenvalue weighted by atomic mass is 10.0. The highest BCUT2D eigenvalue weighted by Gasteiger charge is 2.42. The molecule has 1 aliphatic heterocycles. The molecule has 0 aromatic rings. The van der Waals surface area contributed by atoms with Crippen LogP contribution in [0.5, 0.6) is 0 Å². The number of hydrogen-bond donors (Lipinski definition) is 1. The maximum Gasteiger partial charge on any atom is 0.410 e. The Hall–Kier alpha value is -1.28. The van der Waals surface area contributed by atoms with Crippen molar-refractivity contribution in [1.82, 2.24) is 4.90 Å². The van der Waals surface area contributed by atoms with Crippen molar-refractivity contribution in [2.45, 2.75) is 45.4 Å². The molecular weight excluding hydrogens is 208 g/mol. The van der Waals surface area contributed by atoms with Crippen LogP contribution >= 0.6 is 0 Å². The van der Waals surface area contributed by atoms with Crippen molar-refractivity contribution in [3.8, 4) is 6.07 Å².